The zero-order valence-electron chi connectivity index (χ0n) is 11.6. The number of hydrogen-bond acceptors (Lipinski definition) is 4. The number of carboxylic acid groups (broad SMARTS) is 1. The van der Waals surface area contributed by atoms with Crippen LogP contribution in [0.3, 0.4) is 0 Å². The highest BCUT2D eigenvalue weighted by atomic mass is 16.5. The summed E-state index contributed by atoms with van der Waals surface area (Å²) in [4.78, 5) is 22.2. The Balaban J connectivity index is 2.55. The molecule has 0 atom stereocenters. The van der Waals surface area contributed by atoms with Crippen molar-refractivity contribution in [1.82, 2.24) is 10.2 Å². The molecule has 2 rings (SSSR count). The van der Waals surface area contributed by atoms with Crippen molar-refractivity contribution in [2.45, 2.75) is 6.92 Å². The van der Waals surface area contributed by atoms with E-state index in [0.717, 1.165) is 17.2 Å². The Morgan fingerprint density at radius 1 is 1.38 bits per heavy atom. The van der Waals surface area contributed by atoms with E-state index in [1.165, 1.54) is 12.1 Å². The lowest BCUT2D eigenvalue weighted by Crippen LogP contribution is -2.12. The molecule has 0 aliphatic heterocycles. The lowest BCUT2D eigenvalue weighted by Gasteiger charge is -2.09. The van der Waals surface area contributed by atoms with Gasteiger partial charge in [-0.3, -0.25) is 4.79 Å². The third kappa shape index (κ3) is 3.36. The predicted molar refractivity (Wildman–Crippen MR) is 78.3 cm³/mol. The molecule has 0 unspecified atom stereocenters. The lowest BCUT2D eigenvalue weighted by molar-refractivity contribution is -0.131. The Kier molecular flexibility index (Phi) is 4.18. The Hall–Kier alpha value is -2.89. The summed E-state index contributed by atoms with van der Waals surface area (Å²) < 4.78 is 5.28. The molecule has 1 heterocycles. The van der Waals surface area contributed by atoms with Crippen LogP contribution in [-0.4, -0.2) is 28.4 Å². The number of aromatic amines is 1. The number of hydrogen-bond donors (Lipinski definition) is 2. The second kappa shape index (κ2) is 6.04. The second-order valence-corrected chi connectivity index (χ2v) is 4.41. The van der Waals surface area contributed by atoms with Gasteiger partial charge in [-0.05, 0) is 31.2 Å². The molecule has 1 aromatic heterocycles. The van der Waals surface area contributed by atoms with Crippen molar-refractivity contribution in [3.8, 4) is 17.0 Å². The topological polar surface area (TPSA) is 92.3 Å². The number of aryl methyl sites for hydroxylation is 1. The van der Waals surface area contributed by atoms with Gasteiger partial charge in [-0.25, -0.2) is 9.89 Å². The van der Waals surface area contributed by atoms with Crippen LogP contribution in [0.5, 0.6) is 5.75 Å². The van der Waals surface area contributed by atoms with Crippen molar-refractivity contribution < 1.29 is 14.6 Å². The van der Waals surface area contributed by atoms with Gasteiger partial charge in [0.25, 0.3) is 5.56 Å². The first-order chi connectivity index (χ1) is 10.0. The number of aromatic nitrogens is 2. The molecule has 21 heavy (non-hydrogen) atoms. The zero-order valence-corrected chi connectivity index (χ0v) is 11.6. The molecule has 0 aliphatic carbocycles. The predicted octanol–water partition coefficient (Wildman–Crippen LogP) is 1.85. The molecule has 6 heteroatoms. The summed E-state index contributed by atoms with van der Waals surface area (Å²) in [5, 5.41) is 15.0. The summed E-state index contributed by atoms with van der Waals surface area (Å²) in [5.74, 6) is -0.505. The van der Waals surface area contributed by atoms with Gasteiger partial charge in [-0.1, -0.05) is 11.6 Å². The van der Waals surface area contributed by atoms with Gasteiger partial charge in [-0.2, -0.15) is 5.10 Å². The SMILES string of the molecule is COc1ccc(C)cc1-c1cc(/C=C/C(=O)O)c(=O)[nH]n1. The molecule has 6 nitrogen and oxygen atoms in total. The van der Waals surface area contributed by atoms with Gasteiger partial charge in [0, 0.05) is 17.2 Å². The first-order valence-corrected chi connectivity index (χ1v) is 6.17. The van der Waals surface area contributed by atoms with E-state index in [9.17, 15) is 9.59 Å². The van der Waals surface area contributed by atoms with Crippen LogP contribution in [0.1, 0.15) is 11.1 Å². The highest BCUT2D eigenvalue weighted by Crippen LogP contribution is 2.29. The third-order valence-corrected chi connectivity index (χ3v) is 2.87. The number of nitrogens with one attached hydrogen (secondary N) is 1. The average Bonchev–Trinajstić information content (AvgIpc) is 2.46. The van der Waals surface area contributed by atoms with E-state index in [4.69, 9.17) is 9.84 Å². The maximum atomic E-state index is 11.6. The second-order valence-electron chi connectivity index (χ2n) is 4.41. The first kappa shape index (κ1) is 14.5. The fourth-order valence-electron chi connectivity index (χ4n) is 1.87. The number of benzene rings is 1. The minimum atomic E-state index is -1.12. The fourth-order valence-corrected chi connectivity index (χ4v) is 1.87. The molecule has 1 aromatic carbocycles. The Labute approximate surface area is 120 Å². The number of rotatable bonds is 4. The van der Waals surface area contributed by atoms with Crippen molar-refractivity contribution in [3.05, 3.63) is 51.8 Å². The molecule has 0 aliphatic rings. The summed E-state index contributed by atoms with van der Waals surface area (Å²) in [5.41, 5.74) is 1.99. The number of aliphatic carboxylic acids is 1. The molecule has 0 amide bonds. The number of H-pyrrole nitrogens is 1. The monoisotopic (exact) mass is 286 g/mol. The molecule has 0 bridgehead atoms. The van der Waals surface area contributed by atoms with Gasteiger partial charge in [0.15, 0.2) is 0 Å². The van der Waals surface area contributed by atoms with E-state index < -0.39 is 11.5 Å². The molecule has 2 N–H and O–H groups in total. The summed E-state index contributed by atoms with van der Waals surface area (Å²) in [6, 6.07) is 7.11. The van der Waals surface area contributed by atoms with Gasteiger partial charge >= 0.3 is 5.97 Å². The maximum absolute atomic E-state index is 11.6. The van der Waals surface area contributed by atoms with E-state index in [-0.39, 0.29) is 5.56 Å². The normalized spacial score (nSPS) is 10.8. The van der Waals surface area contributed by atoms with E-state index in [1.807, 2.05) is 25.1 Å². The average molecular weight is 286 g/mol. The summed E-state index contributed by atoms with van der Waals surface area (Å²) in [6.45, 7) is 1.93. The quantitative estimate of drug-likeness (QED) is 0.837. The van der Waals surface area contributed by atoms with Crippen LogP contribution in [0, 0.1) is 6.92 Å². The van der Waals surface area contributed by atoms with Gasteiger partial charge in [0.2, 0.25) is 0 Å². The van der Waals surface area contributed by atoms with Gasteiger partial charge in [0.05, 0.1) is 12.8 Å². The van der Waals surface area contributed by atoms with Crippen molar-refractivity contribution >= 4 is 12.0 Å². The number of methoxy groups -OCH3 is 1. The molecule has 0 radical (unpaired) electrons. The standard InChI is InChI=1S/C15H14N2O4/c1-9-3-5-13(21-2)11(7-9)12-8-10(4-6-14(18)19)15(20)17-16-12/h3-8H,1-2H3,(H,17,20)(H,18,19)/b6-4+. The summed E-state index contributed by atoms with van der Waals surface area (Å²) in [7, 11) is 1.55. The van der Waals surface area contributed by atoms with Crippen LogP contribution in [-0.2, 0) is 4.79 Å². The summed E-state index contributed by atoms with van der Waals surface area (Å²) >= 11 is 0. The van der Waals surface area contributed by atoms with E-state index in [2.05, 4.69) is 10.2 Å². The number of nitrogens with zero attached hydrogens (tertiary/aromatic N) is 1. The molecular weight excluding hydrogens is 272 g/mol. The van der Waals surface area contributed by atoms with Gasteiger partial charge in [-0.15, -0.1) is 0 Å². The molecule has 0 saturated heterocycles. The highest BCUT2D eigenvalue weighted by molar-refractivity contribution is 5.85. The van der Waals surface area contributed by atoms with Crippen molar-refractivity contribution in [3.63, 3.8) is 0 Å². The van der Waals surface area contributed by atoms with Crippen LogP contribution >= 0.6 is 0 Å². The van der Waals surface area contributed by atoms with Crippen LogP contribution < -0.4 is 10.3 Å². The molecule has 0 saturated carbocycles. The molecule has 0 spiro atoms. The zero-order chi connectivity index (χ0) is 15.4. The smallest absolute Gasteiger partial charge is 0.328 e. The van der Waals surface area contributed by atoms with Crippen molar-refractivity contribution in [1.29, 1.82) is 0 Å². The molecule has 2 aromatic rings. The third-order valence-electron chi connectivity index (χ3n) is 2.87. The maximum Gasteiger partial charge on any atom is 0.328 e. The molecule has 0 fully saturated rings. The van der Waals surface area contributed by atoms with Crippen molar-refractivity contribution in [2.24, 2.45) is 0 Å². The minimum Gasteiger partial charge on any atom is -0.496 e. The minimum absolute atomic E-state index is 0.214. The van der Waals surface area contributed by atoms with Crippen LogP contribution in [0.25, 0.3) is 17.3 Å². The van der Waals surface area contributed by atoms with E-state index >= 15 is 0 Å². The van der Waals surface area contributed by atoms with Gasteiger partial charge in [0.1, 0.15) is 5.75 Å². The van der Waals surface area contributed by atoms with E-state index in [1.54, 1.807) is 7.11 Å². The number of ether oxygens (including phenoxy) is 1. The Morgan fingerprint density at radius 3 is 2.81 bits per heavy atom. The lowest BCUT2D eigenvalue weighted by atomic mass is 10.1. The van der Waals surface area contributed by atoms with Crippen molar-refractivity contribution in [2.75, 3.05) is 7.11 Å². The molecule has 108 valence electrons. The van der Waals surface area contributed by atoms with E-state index in [0.29, 0.717) is 11.4 Å². The Morgan fingerprint density at radius 2 is 2.14 bits per heavy atom. The largest absolute Gasteiger partial charge is 0.496 e. The van der Waals surface area contributed by atoms with Crippen LogP contribution in [0.2, 0.25) is 0 Å². The van der Waals surface area contributed by atoms with Gasteiger partial charge < -0.3 is 9.84 Å². The van der Waals surface area contributed by atoms with Crippen LogP contribution in [0.15, 0.2) is 35.1 Å². The number of carboxylic acids is 1. The fraction of sp³-hybridized carbons (Fsp3) is 0.133. The summed E-state index contributed by atoms with van der Waals surface area (Å²) in [6.07, 6.45) is 2.14. The molecular formula is C15H14N2O4. The first-order valence-electron chi connectivity index (χ1n) is 6.17. The highest BCUT2D eigenvalue weighted by Gasteiger charge is 2.09. The Bertz CT molecular complexity index is 763. The number of carbonyl (C=O) groups is 1. The van der Waals surface area contributed by atoms with Crippen LogP contribution in [0.4, 0.5) is 0 Å².